The van der Waals surface area contributed by atoms with Crippen LogP contribution < -0.4 is 5.32 Å². The van der Waals surface area contributed by atoms with Gasteiger partial charge in [-0.25, -0.2) is 0 Å². The second kappa shape index (κ2) is 5.77. The van der Waals surface area contributed by atoms with Crippen molar-refractivity contribution in [3.63, 3.8) is 0 Å². The summed E-state index contributed by atoms with van der Waals surface area (Å²) in [6, 6.07) is 6.75. The summed E-state index contributed by atoms with van der Waals surface area (Å²) in [6.45, 7) is 8.15. The van der Waals surface area contributed by atoms with E-state index in [9.17, 15) is 10.1 Å². The summed E-state index contributed by atoms with van der Waals surface area (Å²) in [5, 5.41) is 14.0. The Balaban J connectivity index is 2.52. The van der Waals surface area contributed by atoms with Crippen molar-refractivity contribution in [3.05, 3.63) is 39.9 Å². The van der Waals surface area contributed by atoms with E-state index in [4.69, 9.17) is 0 Å². The number of nitro benzene ring substituents is 1. The first-order valence-corrected chi connectivity index (χ1v) is 5.88. The molecule has 1 aromatic carbocycles. The number of nitro groups is 1. The standard InChI is InChI=1S/C13H20N2O2/c1-4-13(2,3)10-14-9-11-6-5-7-12(8-11)15(16)17/h5-8,14H,4,9-10H2,1-3H3. The Kier molecular flexibility index (Phi) is 4.63. The molecule has 4 heteroatoms. The van der Waals surface area contributed by atoms with Crippen molar-refractivity contribution in [3.8, 4) is 0 Å². The van der Waals surface area contributed by atoms with Crippen LogP contribution in [0.3, 0.4) is 0 Å². The van der Waals surface area contributed by atoms with Gasteiger partial charge in [-0.1, -0.05) is 32.9 Å². The Morgan fingerprint density at radius 2 is 2.12 bits per heavy atom. The van der Waals surface area contributed by atoms with E-state index in [-0.39, 0.29) is 16.0 Å². The van der Waals surface area contributed by atoms with Gasteiger partial charge in [-0.05, 0) is 17.4 Å². The summed E-state index contributed by atoms with van der Waals surface area (Å²) in [4.78, 5) is 10.3. The van der Waals surface area contributed by atoms with Crippen molar-refractivity contribution >= 4 is 5.69 Å². The van der Waals surface area contributed by atoms with Crippen LogP contribution in [0.2, 0.25) is 0 Å². The molecule has 0 saturated heterocycles. The molecule has 0 fully saturated rings. The van der Waals surface area contributed by atoms with Crippen LogP contribution in [0.15, 0.2) is 24.3 Å². The maximum atomic E-state index is 10.6. The maximum Gasteiger partial charge on any atom is 0.269 e. The van der Waals surface area contributed by atoms with E-state index in [1.54, 1.807) is 12.1 Å². The summed E-state index contributed by atoms with van der Waals surface area (Å²) in [7, 11) is 0. The zero-order valence-corrected chi connectivity index (χ0v) is 10.7. The Hall–Kier alpha value is -1.42. The molecule has 0 amide bonds. The molecule has 0 bridgehead atoms. The second-order valence-electron chi connectivity index (χ2n) is 5.05. The molecule has 1 rings (SSSR count). The number of nitrogens with zero attached hydrogens (tertiary/aromatic N) is 1. The number of hydrogen-bond donors (Lipinski definition) is 1. The molecular formula is C13H20N2O2. The summed E-state index contributed by atoms with van der Waals surface area (Å²) in [6.07, 6.45) is 1.11. The summed E-state index contributed by atoms with van der Waals surface area (Å²) < 4.78 is 0. The van der Waals surface area contributed by atoms with Gasteiger partial charge in [0.1, 0.15) is 0 Å². The van der Waals surface area contributed by atoms with Crippen LogP contribution in [0.4, 0.5) is 5.69 Å². The predicted octanol–water partition coefficient (Wildman–Crippen LogP) is 3.12. The molecule has 0 atom stereocenters. The molecule has 0 aromatic heterocycles. The molecule has 0 aliphatic carbocycles. The third kappa shape index (κ3) is 4.53. The molecule has 94 valence electrons. The van der Waals surface area contributed by atoms with E-state index in [0.717, 1.165) is 18.5 Å². The number of hydrogen-bond acceptors (Lipinski definition) is 3. The zero-order valence-electron chi connectivity index (χ0n) is 10.7. The Morgan fingerprint density at radius 1 is 1.41 bits per heavy atom. The normalized spacial score (nSPS) is 11.5. The van der Waals surface area contributed by atoms with Gasteiger partial charge in [-0.2, -0.15) is 0 Å². The molecule has 0 spiro atoms. The first-order chi connectivity index (χ1) is 7.94. The van der Waals surface area contributed by atoms with E-state index >= 15 is 0 Å². The van der Waals surface area contributed by atoms with Crippen molar-refractivity contribution in [2.75, 3.05) is 6.54 Å². The lowest BCUT2D eigenvalue weighted by Crippen LogP contribution is -2.28. The Bertz CT molecular complexity index is 389. The lowest BCUT2D eigenvalue weighted by Gasteiger charge is -2.22. The molecule has 0 radical (unpaired) electrons. The fourth-order valence-electron chi connectivity index (χ4n) is 1.45. The zero-order chi connectivity index (χ0) is 12.9. The lowest BCUT2D eigenvalue weighted by molar-refractivity contribution is -0.384. The SMILES string of the molecule is CCC(C)(C)CNCc1cccc([N+](=O)[O-])c1. The quantitative estimate of drug-likeness (QED) is 0.610. The third-order valence-corrected chi connectivity index (χ3v) is 3.01. The molecule has 0 heterocycles. The smallest absolute Gasteiger partial charge is 0.269 e. The van der Waals surface area contributed by atoms with Crippen molar-refractivity contribution in [1.82, 2.24) is 5.32 Å². The van der Waals surface area contributed by atoms with Gasteiger partial charge in [-0.15, -0.1) is 0 Å². The third-order valence-electron chi connectivity index (χ3n) is 3.01. The predicted molar refractivity (Wildman–Crippen MR) is 68.9 cm³/mol. The highest BCUT2D eigenvalue weighted by molar-refractivity contribution is 5.34. The van der Waals surface area contributed by atoms with Crippen LogP contribution in [0.1, 0.15) is 32.8 Å². The maximum absolute atomic E-state index is 10.6. The van der Waals surface area contributed by atoms with Crippen LogP contribution in [-0.2, 0) is 6.54 Å². The van der Waals surface area contributed by atoms with Gasteiger partial charge in [0.05, 0.1) is 4.92 Å². The fraction of sp³-hybridized carbons (Fsp3) is 0.538. The van der Waals surface area contributed by atoms with E-state index in [1.807, 2.05) is 6.07 Å². The van der Waals surface area contributed by atoms with Crippen LogP contribution in [0.25, 0.3) is 0 Å². The average Bonchev–Trinajstić information content (AvgIpc) is 2.29. The minimum Gasteiger partial charge on any atom is -0.312 e. The average molecular weight is 236 g/mol. The van der Waals surface area contributed by atoms with Crippen LogP contribution in [0.5, 0.6) is 0 Å². The summed E-state index contributed by atoms with van der Waals surface area (Å²) in [5.74, 6) is 0. The molecule has 4 nitrogen and oxygen atoms in total. The molecular weight excluding hydrogens is 216 g/mol. The molecule has 0 aliphatic rings. The Morgan fingerprint density at radius 3 is 2.71 bits per heavy atom. The van der Waals surface area contributed by atoms with Crippen LogP contribution in [0, 0.1) is 15.5 Å². The van der Waals surface area contributed by atoms with Crippen molar-refractivity contribution in [2.45, 2.75) is 33.7 Å². The minimum atomic E-state index is -0.362. The van der Waals surface area contributed by atoms with E-state index in [0.29, 0.717) is 6.54 Å². The Labute approximate surface area is 102 Å². The van der Waals surface area contributed by atoms with E-state index < -0.39 is 0 Å². The van der Waals surface area contributed by atoms with E-state index in [2.05, 4.69) is 26.1 Å². The van der Waals surface area contributed by atoms with Gasteiger partial charge in [0, 0.05) is 25.2 Å². The van der Waals surface area contributed by atoms with Crippen molar-refractivity contribution < 1.29 is 4.92 Å². The number of benzene rings is 1. The van der Waals surface area contributed by atoms with Gasteiger partial charge < -0.3 is 5.32 Å². The first-order valence-electron chi connectivity index (χ1n) is 5.88. The second-order valence-corrected chi connectivity index (χ2v) is 5.05. The topological polar surface area (TPSA) is 55.2 Å². The molecule has 0 saturated carbocycles. The minimum absolute atomic E-state index is 0.152. The van der Waals surface area contributed by atoms with Gasteiger partial charge in [0.25, 0.3) is 5.69 Å². The molecule has 0 aliphatic heterocycles. The van der Waals surface area contributed by atoms with Crippen LogP contribution >= 0.6 is 0 Å². The highest BCUT2D eigenvalue weighted by Gasteiger charge is 2.14. The number of nitrogens with one attached hydrogen (secondary N) is 1. The highest BCUT2D eigenvalue weighted by Crippen LogP contribution is 2.18. The van der Waals surface area contributed by atoms with Crippen LogP contribution in [-0.4, -0.2) is 11.5 Å². The number of rotatable bonds is 6. The lowest BCUT2D eigenvalue weighted by atomic mass is 9.90. The van der Waals surface area contributed by atoms with Crippen molar-refractivity contribution in [2.24, 2.45) is 5.41 Å². The molecule has 0 unspecified atom stereocenters. The fourth-order valence-corrected chi connectivity index (χ4v) is 1.45. The molecule has 1 N–H and O–H groups in total. The van der Waals surface area contributed by atoms with Gasteiger partial charge >= 0.3 is 0 Å². The van der Waals surface area contributed by atoms with Gasteiger partial charge in [0.2, 0.25) is 0 Å². The number of non-ortho nitro benzene ring substituents is 1. The monoisotopic (exact) mass is 236 g/mol. The highest BCUT2D eigenvalue weighted by atomic mass is 16.6. The van der Waals surface area contributed by atoms with Crippen molar-refractivity contribution in [1.29, 1.82) is 0 Å². The molecule has 1 aromatic rings. The largest absolute Gasteiger partial charge is 0.312 e. The molecule has 17 heavy (non-hydrogen) atoms. The van der Waals surface area contributed by atoms with Gasteiger partial charge in [-0.3, -0.25) is 10.1 Å². The first kappa shape index (κ1) is 13.6. The van der Waals surface area contributed by atoms with Gasteiger partial charge in [0.15, 0.2) is 0 Å². The summed E-state index contributed by atoms with van der Waals surface area (Å²) in [5.41, 5.74) is 1.37. The summed E-state index contributed by atoms with van der Waals surface area (Å²) >= 11 is 0. The van der Waals surface area contributed by atoms with E-state index in [1.165, 1.54) is 6.07 Å².